The third-order valence-corrected chi connectivity index (χ3v) is 6.87. The summed E-state index contributed by atoms with van der Waals surface area (Å²) in [6.45, 7) is 4.49. The summed E-state index contributed by atoms with van der Waals surface area (Å²) in [6.07, 6.45) is 1.78. The van der Waals surface area contributed by atoms with Gasteiger partial charge in [0.15, 0.2) is 6.04 Å². The van der Waals surface area contributed by atoms with Gasteiger partial charge in [0.25, 0.3) is 5.91 Å². The van der Waals surface area contributed by atoms with Crippen molar-refractivity contribution in [3.63, 3.8) is 0 Å². The van der Waals surface area contributed by atoms with E-state index in [1.54, 1.807) is 25.1 Å². The Kier molecular flexibility index (Phi) is 8.00. The van der Waals surface area contributed by atoms with Crippen molar-refractivity contribution in [1.82, 2.24) is 4.90 Å². The van der Waals surface area contributed by atoms with E-state index < -0.39 is 12.0 Å². The number of hydrogen-bond donors (Lipinski definition) is 0. The third kappa shape index (κ3) is 5.81. The van der Waals surface area contributed by atoms with E-state index in [-0.39, 0.29) is 12.5 Å². The Hall–Kier alpha value is -3.42. The van der Waals surface area contributed by atoms with E-state index in [4.69, 9.17) is 21.7 Å². The first kappa shape index (κ1) is 24.7. The van der Waals surface area contributed by atoms with Crippen molar-refractivity contribution in [1.29, 1.82) is 0 Å². The van der Waals surface area contributed by atoms with E-state index in [1.165, 1.54) is 22.2 Å². The first-order valence-corrected chi connectivity index (χ1v) is 12.5. The average molecular weight is 504 g/mol. The van der Waals surface area contributed by atoms with Crippen LogP contribution < -0.4 is 4.74 Å². The predicted molar refractivity (Wildman–Crippen MR) is 143 cm³/mol. The molecule has 0 aromatic heterocycles. The van der Waals surface area contributed by atoms with Crippen molar-refractivity contribution in [3.8, 4) is 5.75 Å². The Morgan fingerprint density at radius 3 is 2.40 bits per heavy atom. The van der Waals surface area contributed by atoms with Crippen LogP contribution in [0.25, 0.3) is 6.08 Å². The highest BCUT2D eigenvalue weighted by Gasteiger charge is 2.42. The summed E-state index contributed by atoms with van der Waals surface area (Å²) in [5.41, 5.74) is 3.80. The first-order chi connectivity index (χ1) is 17.0. The van der Waals surface area contributed by atoms with Crippen LogP contribution in [0, 0.1) is 6.92 Å². The Labute approximate surface area is 214 Å². The molecular formula is C28H25NO4S2. The van der Waals surface area contributed by atoms with Crippen molar-refractivity contribution >= 4 is 46.3 Å². The molecule has 1 aliphatic heterocycles. The number of ether oxygens (including phenoxy) is 2. The number of carbonyl (C=O) groups is 2. The number of aryl methyl sites for hydroxylation is 1. The summed E-state index contributed by atoms with van der Waals surface area (Å²) in [4.78, 5) is 27.9. The van der Waals surface area contributed by atoms with Gasteiger partial charge in [0.05, 0.1) is 11.5 Å². The third-order valence-electron chi connectivity index (χ3n) is 5.54. The Morgan fingerprint density at radius 1 is 1.03 bits per heavy atom. The number of rotatable bonds is 8. The lowest BCUT2D eigenvalue weighted by Crippen LogP contribution is -2.38. The number of carbonyl (C=O) groups excluding carboxylic acids is 2. The number of amides is 1. The molecule has 3 aromatic carbocycles. The number of hydrogen-bond acceptors (Lipinski definition) is 6. The molecule has 1 saturated heterocycles. The van der Waals surface area contributed by atoms with Gasteiger partial charge in [0.2, 0.25) is 0 Å². The fourth-order valence-corrected chi connectivity index (χ4v) is 5.01. The van der Waals surface area contributed by atoms with Crippen LogP contribution in [0.3, 0.4) is 0 Å². The van der Waals surface area contributed by atoms with E-state index in [2.05, 4.69) is 13.0 Å². The molecular weight excluding hydrogens is 478 g/mol. The summed E-state index contributed by atoms with van der Waals surface area (Å²) in [5.74, 6) is -0.0856. The molecule has 0 spiro atoms. The van der Waals surface area contributed by atoms with E-state index in [1.807, 2.05) is 60.7 Å². The molecule has 7 heteroatoms. The average Bonchev–Trinajstić information content (AvgIpc) is 3.13. The minimum Gasteiger partial charge on any atom is -0.489 e. The second kappa shape index (κ2) is 11.3. The standard InChI is InChI=1S/C28H25NO4S2/c1-3-32-27(31)25(21-10-5-4-6-11-21)29-26(30)24(35-28(29)34)17-20-13-15-23(16-14-20)33-18-22-12-8-7-9-19(22)2/h4-17,25H,3,18H2,1-2H3/b24-17-. The van der Waals surface area contributed by atoms with Crippen molar-refractivity contribution in [3.05, 3.63) is 106 Å². The van der Waals surface area contributed by atoms with Gasteiger partial charge >= 0.3 is 5.97 Å². The summed E-state index contributed by atoms with van der Waals surface area (Å²) in [6, 6.07) is 23.8. The van der Waals surface area contributed by atoms with Gasteiger partial charge in [-0.25, -0.2) is 4.79 Å². The molecule has 1 heterocycles. The molecule has 0 radical (unpaired) electrons. The van der Waals surface area contributed by atoms with E-state index >= 15 is 0 Å². The monoisotopic (exact) mass is 503 g/mol. The maximum absolute atomic E-state index is 13.3. The molecule has 1 unspecified atom stereocenters. The highest BCUT2D eigenvalue weighted by molar-refractivity contribution is 8.26. The van der Waals surface area contributed by atoms with E-state index in [0.717, 1.165) is 16.9 Å². The van der Waals surface area contributed by atoms with Crippen molar-refractivity contribution in [2.45, 2.75) is 26.5 Å². The lowest BCUT2D eigenvalue weighted by molar-refractivity contribution is -0.151. The zero-order valence-electron chi connectivity index (χ0n) is 19.5. The second-order valence-corrected chi connectivity index (χ2v) is 9.58. The minimum absolute atomic E-state index is 0.213. The molecule has 1 aliphatic rings. The molecule has 5 nitrogen and oxygen atoms in total. The number of thioether (sulfide) groups is 1. The molecule has 0 saturated carbocycles. The highest BCUT2D eigenvalue weighted by atomic mass is 32.2. The smallest absolute Gasteiger partial charge is 0.333 e. The number of thiocarbonyl (C=S) groups is 1. The largest absolute Gasteiger partial charge is 0.489 e. The summed E-state index contributed by atoms with van der Waals surface area (Å²) >= 11 is 6.68. The van der Waals surface area contributed by atoms with E-state index in [0.29, 0.717) is 21.4 Å². The van der Waals surface area contributed by atoms with Gasteiger partial charge in [0, 0.05) is 0 Å². The Balaban J connectivity index is 1.50. The number of esters is 1. The molecule has 1 atom stereocenters. The van der Waals surface area contributed by atoms with Crippen LogP contribution >= 0.6 is 24.0 Å². The topological polar surface area (TPSA) is 55.8 Å². The molecule has 4 rings (SSSR count). The van der Waals surface area contributed by atoms with Crippen molar-refractivity contribution < 1.29 is 19.1 Å². The van der Waals surface area contributed by atoms with Crippen LogP contribution in [0.1, 0.15) is 35.2 Å². The zero-order chi connectivity index (χ0) is 24.8. The minimum atomic E-state index is -0.924. The summed E-state index contributed by atoms with van der Waals surface area (Å²) < 4.78 is 11.5. The van der Waals surface area contributed by atoms with Crippen LogP contribution in [0.2, 0.25) is 0 Å². The zero-order valence-corrected chi connectivity index (χ0v) is 21.1. The van der Waals surface area contributed by atoms with Gasteiger partial charge in [-0.15, -0.1) is 0 Å². The predicted octanol–water partition coefficient (Wildman–Crippen LogP) is 6.08. The maximum Gasteiger partial charge on any atom is 0.333 e. The summed E-state index contributed by atoms with van der Waals surface area (Å²) in [5, 5.41) is 0. The number of nitrogens with zero attached hydrogens (tertiary/aromatic N) is 1. The van der Waals surface area contributed by atoms with Crippen LogP contribution in [0.5, 0.6) is 5.75 Å². The van der Waals surface area contributed by atoms with Gasteiger partial charge in [-0.2, -0.15) is 0 Å². The first-order valence-electron chi connectivity index (χ1n) is 11.2. The fraction of sp³-hybridized carbons (Fsp3) is 0.179. The van der Waals surface area contributed by atoms with Gasteiger partial charge in [-0.1, -0.05) is 90.7 Å². The summed E-state index contributed by atoms with van der Waals surface area (Å²) in [7, 11) is 0. The van der Waals surface area contributed by atoms with Crippen LogP contribution in [0.4, 0.5) is 0 Å². The molecule has 35 heavy (non-hydrogen) atoms. The molecule has 1 amide bonds. The molecule has 3 aromatic rings. The lowest BCUT2D eigenvalue weighted by Gasteiger charge is -2.25. The highest BCUT2D eigenvalue weighted by Crippen LogP contribution is 2.39. The van der Waals surface area contributed by atoms with Crippen LogP contribution in [0.15, 0.2) is 83.8 Å². The molecule has 178 valence electrons. The second-order valence-electron chi connectivity index (χ2n) is 7.90. The SMILES string of the molecule is CCOC(=O)C(c1ccccc1)N1C(=O)/C(=C/c2ccc(OCc3ccccc3C)cc2)SC1=S. The van der Waals surface area contributed by atoms with Gasteiger partial charge in [-0.3, -0.25) is 9.69 Å². The van der Waals surface area contributed by atoms with Crippen molar-refractivity contribution in [2.24, 2.45) is 0 Å². The lowest BCUT2D eigenvalue weighted by atomic mass is 10.1. The fourth-order valence-electron chi connectivity index (χ4n) is 3.69. The van der Waals surface area contributed by atoms with E-state index in [9.17, 15) is 9.59 Å². The van der Waals surface area contributed by atoms with Gasteiger partial charge in [-0.05, 0) is 54.3 Å². The van der Waals surface area contributed by atoms with Gasteiger partial charge < -0.3 is 9.47 Å². The molecule has 0 aliphatic carbocycles. The quantitative estimate of drug-likeness (QED) is 0.211. The Bertz CT molecular complexity index is 1260. The van der Waals surface area contributed by atoms with Crippen LogP contribution in [-0.4, -0.2) is 27.7 Å². The van der Waals surface area contributed by atoms with Gasteiger partial charge in [0.1, 0.15) is 16.7 Å². The molecule has 0 bridgehead atoms. The van der Waals surface area contributed by atoms with Crippen LogP contribution in [-0.2, 0) is 20.9 Å². The maximum atomic E-state index is 13.3. The molecule has 0 N–H and O–H groups in total. The van der Waals surface area contributed by atoms with Crippen molar-refractivity contribution in [2.75, 3.05) is 6.61 Å². The normalized spacial score (nSPS) is 15.4. The molecule has 1 fully saturated rings. The number of benzene rings is 3. The Morgan fingerprint density at radius 2 is 1.71 bits per heavy atom.